The van der Waals surface area contributed by atoms with Crippen molar-refractivity contribution < 1.29 is 39.2 Å². The van der Waals surface area contributed by atoms with E-state index in [1.807, 2.05) is 0 Å². The van der Waals surface area contributed by atoms with Crippen molar-refractivity contribution in [3.05, 3.63) is 24.1 Å². The van der Waals surface area contributed by atoms with Gasteiger partial charge in [-0.2, -0.15) is 4.98 Å². The molecule has 0 spiro atoms. The summed E-state index contributed by atoms with van der Waals surface area (Å²) in [6.45, 7) is -0.546. The van der Waals surface area contributed by atoms with Crippen molar-refractivity contribution in [2.45, 2.75) is 30.5 Å². The number of hydrogen-bond donors (Lipinski definition) is 4. The molecule has 10 heteroatoms. The Hall–Kier alpha value is -2.24. The summed E-state index contributed by atoms with van der Waals surface area (Å²) in [4.78, 5) is 4.19. The van der Waals surface area contributed by atoms with Gasteiger partial charge in [-0.25, -0.2) is 0 Å². The highest BCUT2D eigenvalue weighted by molar-refractivity contribution is 5.60. The van der Waals surface area contributed by atoms with Crippen LogP contribution < -0.4 is 9.47 Å². The minimum Gasteiger partial charge on any atom is -0.497 e. The molecule has 1 aliphatic heterocycles. The van der Waals surface area contributed by atoms with E-state index in [1.165, 1.54) is 14.2 Å². The van der Waals surface area contributed by atoms with E-state index in [2.05, 4.69) is 10.1 Å². The van der Waals surface area contributed by atoms with Crippen LogP contribution in [0.25, 0.3) is 11.4 Å². The maximum absolute atomic E-state index is 10.1. The number of rotatable bonds is 5. The van der Waals surface area contributed by atoms with Crippen LogP contribution in [-0.4, -0.2) is 75.8 Å². The van der Waals surface area contributed by atoms with E-state index >= 15 is 0 Å². The first-order valence-electron chi connectivity index (χ1n) is 7.86. The van der Waals surface area contributed by atoms with Crippen molar-refractivity contribution in [2.24, 2.45) is 0 Å². The number of aliphatic hydroxyl groups excluding tert-OH is 4. The lowest BCUT2D eigenvalue weighted by Crippen LogP contribution is -2.55. The maximum Gasteiger partial charge on any atom is 0.258 e. The molecule has 2 heterocycles. The average molecular weight is 368 g/mol. The molecule has 1 aromatic carbocycles. The second-order valence-electron chi connectivity index (χ2n) is 5.81. The van der Waals surface area contributed by atoms with Gasteiger partial charge in [0.05, 0.1) is 20.8 Å². The fourth-order valence-corrected chi connectivity index (χ4v) is 2.71. The average Bonchev–Trinajstić information content (AvgIpc) is 3.16. The summed E-state index contributed by atoms with van der Waals surface area (Å²) in [5, 5.41) is 42.9. The van der Waals surface area contributed by atoms with E-state index < -0.39 is 37.1 Å². The van der Waals surface area contributed by atoms with E-state index in [9.17, 15) is 20.4 Å². The minimum absolute atomic E-state index is 0.0984. The van der Waals surface area contributed by atoms with E-state index in [0.29, 0.717) is 17.1 Å². The number of benzene rings is 1. The zero-order valence-corrected chi connectivity index (χ0v) is 14.1. The molecule has 3 rings (SSSR count). The van der Waals surface area contributed by atoms with Crippen molar-refractivity contribution in [3.63, 3.8) is 0 Å². The Kier molecular flexibility index (Phi) is 5.39. The number of aliphatic hydroxyl groups is 4. The number of nitrogens with zero attached hydrogens (tertiary/aromatic N) is 2. The topological polar surface area (TPSA) is 148 Å². The normalized spacial score (nSPS) is 28.8. The number of aromatic nitrogens is 2. The Morgan fingerprint density at radius 3 is 2.23 bits per heavy atom. The fraction of sp³-hybridized carbons (Fsp3) is 0.500. The molecule has 142 valence electrons. The lowest BCUT2D eigenvalue weighted by atomic mass is 9.95. The number of hydrogen-bond acceptors (Lipinski definition) is 10. The van der Waals surface area contributed by atoms with Gasteiger partial charge < -0.3 is 39.2 Å². The van der Waals surface area contributed by atoms with E-state index in [4.69, 9.17) is 18.7 Å². The molecule has 0 bridgehead atoms. The zero-order valence-electron chi connectivity index (χ0n) is 14.1. The lowest BCUT2D eigenvalue weighted by molar-refractivity contribution is -0.237. The maximum atomic E-state index is 10.1. The third kappa shape index (κ3) is 3.37. The standard InChI is InChI=1S/C16H20N2O8/c1-23-8-3-7(4-9(5-8)24-2)15-17-16(26-18-15)14-13(22)12(21)11(20)10(6-19)25-14/h3-5,10-14,19-22H,6H2,1-2H3/t10-,11+,12+,13-,14-/m1/s1. The third-order valence-corrected chi connectivity index (χ3v) is 4.19. The molecule has 4 N–H and O–H groups in total. The van der Waals surface area contributed by atoms with Gasteiger partial charge in [0.1, 0.15) is 35.9 Å². The molecule has 1 aliphatic rings. The Morgan fingerprint density at radius 2 is 1.65 bits per heavy atom. The smallest absolute Gasteiger partial charge is 0.258 e. The quantitative estimate of drug-likeness (QED) is 0.532. The van der Waals surface area contributed by atoms with Crippen molar-refractivity contribution >= 4 is 0 Å². The molecule has 1 fully saturated rings. The summed E-state index contributed by atoms with van der Waals surface area (Å²) in [6, 6.07) is 5.02. The molecule has 0 aliphatic carbocycles. The van der Waals surface area contributed by atoms with Gasteiger partial charge in [-0.3, -0.25) is 0 Å². The highest BCUT2D eigenvalue weighted by Gasteiger charge is 2.46. The second-order valence-corrected chi connectivity index (χ2v) is 5.81. The fourth-order valence-electron chi connectivity index (χ4n) is 2.71. The highest BCUT2D eigenvalue weighted by atomic mass is 16.6. The zero-order chi connectivity index (χ0) is 18.8. The predicted octanol–water partition coefficient (Wildman–Crippen LogP) is -0.731. The van der Waals surface area contributed by atoms with Crippen LogP contribution in [0.3, 0.4) is 0 Å². The van der Waals surface area contributed by atoms with Crippen molar-refractivity contribution in [1.29, 1.82) is 0 Å². The minimum atomic E-state index is -1.53. The largest absolute Gasteiger partial charge is 0.497 e. The number of methoxy groups -OCH3 is 2. The van der Waals surface area contributed by atoms with Crippen LogP contribution in [0.2, 0.25) is 0 Å². The lowest BCUT2D eigenvalue weighted by Gasteiger charge is -2.38. The SMILES string of the molecule is COc1cc(OC)cc(-c2noc([C@@H]3O[C@H](CO)[C@H](O)[C@H](O)[C@H]3O)n2)c1. The van der Waals surface area contributed by atoms with Crippen LogP contribution in [0.15, 0.2) is 22.7 Å². The molecular formula is C16H20N2O8. The molecule has 0 unspecified atom stereocenters. The van der Waals surface area contributed by atoms with Crippen LogP contribution in [0.5, 0.6) is 11.5 Å². The summed E-state index contributed by atoms with van der Waals surface area (Å²) in [6.07, 6.45) is -6.75. The van der Waals surface area contributed by atoms with Crippen LogP contribution in [0, 0.1) is 0 Å². The van der Waals surface area contributed by atoms with Gasteiger partial charge in [-0.1, -0.05) is 5.16 Å². The van der Waals surface area contributed by atoms with Crippen molar-refractivity contribution in [1.82, 2.24) is 10.1 Å². The molecular weight excluding hydrogens is 348 g/mol. The first-order chi connectivity index (χ1) is 12.5. The first kappa shape index (κ1) is 18.5. The van der Waals surface area contributed by atoms with Crippen LogP contribution in [0.1, 0.15) is 12.0 Å². The molecule has 5 atom stereocenters. The molecule has 0 saturated carbocycles. The molecule has 0 amide bonds. The first-order valence-corrected chi connectivity index (χ1v) is 7.86. The second kappa shape index (κ2) is 7.56. The molecule has 26 heavy (non-hydrogen) atoms. The van der Waals surface area contributed by atoms with Gasteiger partial charge in [-0.05, 0) is 12.1 Å². The van der Waals surface area contributed by atoms with Gasteiger partial charge >= 0.3 is 0 Å². The van der Waals surface area contributed by atoms with E-state index in [1.54, 1.807) is 18.2 Å². The van der Waals surface area contributed by atoms with Gasteiger partial charge in [0.15, 0.2) is 6.10 Å². The van der Waals surface area contributed by atoms with E-state index in [0.717, 1.165) is 0 Å². The van der Waals surface area contributed by atoms with Crippen LogP contribution >= 0.6 is 0 Å². The Labute approximate surface area is 148 Å². The monoisotopic (exact) mass is 368 g/mol. The summed E-state index contributed by atoms with van der Waals surface area (Å²) < 4.78 is 20.9. The number of ether oxygens (including phenoxy) is 3. The Morgan fingerprint density at radius 1 is 1.00 bits per heavy atom. The molecule has 10 nitrogen and oxygen atoms in total. The van der Waals surface area contributed by atoms with Gasteiger partial charge in [0.25, 0.3) is 5.89 Å². The molecule has 2 aromatic rings. The Balaban J connectivity index is 1.90. The summed E-state index contributed by atoms with van der Waals surface area (Å²) in [5.41, 5.74) is 0.542. The van der Waals surface area contributed by atoms with Gasteiger partial charge in [0, 0.05) is 11.6 Å². The summed E-state index contributed by atoms with van der Waals surface area (Å²) in [5.74, 6) is 1.14. The summed E-state index contributed by atoms with van der Waals surface area (Å²) in [7, 11) is 3.02. The van der Waals surface area contributed by atoms with Crippen LogP contribution in [-0.2, 0) is 4.74 Å². The predicted molar refractivity (Wildman–Crippen MR) is 85.6 cm³/mol. The van der Waals surface area contributed by atoms with Crippen LogP contribution in [0.4, 0.5) is 0 Å². The van der Waals surface area contributed by atoms with Gasteiger partial charge in [0.2, 0.25) is 5.82 Å². The Bertz CT molecular complexity index is 727. The highest BCUT2D eigenvalue weighted by Crippen LogP contribution is 2.33. The third-order valence-electron chi connectivity index (χ3n) is 4.19. The van der Waals surface area contributed by atoms with Gasteiger partial charge in [-0.15, -0.1) is 0 Å². The molecule has 1 aromatic heterocycles. The molecule has 0 radical (unpaired) electrons. The summed E-state index contributed by atoms with van der Waals surface area (Å²) >= 11 is 0. The molecule has 1 saturated heterocycles. The van der Waals surface area contributed by atoms with E-state index in [-0.39, 0.29) is 11.7 Å². The van der Waals surface area contributed by atoms with Crippen molar-refractivity contribution in [3.8, 4) is 22.9 Å². The van der Waals surface area contributed by atoms with Crippen molar-refractivity contribution in [2.75, 3.05) is 20.8 Å².